The molecule has 3 rings (SSSR count). The van der Waals surface area contributed by atoms with E-state index in [0.717, 1.165) is 42.3 Å². The second-order valence-corrected chi connectivity index (χ2v) is 7.00. The SMILES string of the molecule is Cc1ccc(N(C(=O)CC(n2cccn2)C(F)(F)F)C2CCCCC2)nc1. The zero-order valence-corrected chi connectivity index (χ0v) is 15.2. The first-order valence-corrected chi connectivity index (χ1v) is 9.17. The normalized spacial score (nSPS) is 16.9. The predicted molar refractivity (Wildman–Crippen MR) is 95.3 cm³/mol. The standard InChI is InChI=1S/C19H23F3N4O/c1-14-8-9-17(23-13-14)26(15-6-3-2-4-7-15)18(27)12-16(19(20,21)22)25-11-5-10-24-25/h5,8-11,13,15-16H,2-4,6-7,12H2,1H3. The molecule has 1 atom stereocenters. The van der Waals surface area contributed by atoms with E-state index in [1.807, 2.05) is 13.0 Å². The fourth-order valence-corrected chi connectivity index (χ4v) is 3.55. The molecule has 1 fully saturated rings. The Morgan fingerprint density at radius 1 is 1.30 bits per heavy atom. The van der Waals surface area contributed by atoms with Crippen LogP contribution in [-0.4, -0.2) is 32.9 Å². The van der Waals surface area contributed by atoms with Gasteiger partial charge in [0.15, 0.2) is 6.04 Å². The molecule has 0 aliphatic heterocycles. The molecule has 27 heavy (non-hydrogen) atoms. The summed E-state index contributed by atoms with van der Waals surface area (Å²) in [4.78, 5) is 18.8. The lowest BCUT2D eigenvalue weighted by molar-refractivity contribution is -0.174. The maximum Gasteiger partial charge on any atom is 0.411 e. The highest BCUT2D eigenvalue weighted by atomic mass is 19.4. The van der Waals surface area contributed by atoms with E-state index in [-0.39, 0.29) is 6.04 Å². The monoisotopic (exact) mass is 380 g/mol. The van der Waals surface area contributed by atoms with Gasteiger partial charge in [-0.2, -0.15) is 18.3 Å². The van der Waals surface area contributed by atoms with Crippen LogP contribution in [0.5, 0.6) is 0 Å². The molecule has 0 bridgehead atoms. The minimum Gasteiger partial charge on any atom is -0.294 e. The smallest absolute Gasteiger partial charge is 0.294 e. The molecule has 0 N–H and O–H groups in total. The van der Waals surface area contributed by atoms with Gasteiger partial charge in [-0.25, -0.2) is 4.98 Å². The Morgan fingerprint density at radius 2 is 2.04 bits per heavy atom. The molecule has 0 radical (unpaired) electrons. The quantitative estimate of drug-likeness (QED) is 0.770. The number of alkyl halides is 3. The third kappa shape index (κ3) is 4.67. The number of nitrogens with zero attached hydrogens (tertiary/aromatic N) is 4. The van der Waals surface area contributed by atoms with Gasteiger partial charge in [-0.3, -0.25) is 14.4 Å². The summed E-state index contributed by atoms with van der Waals surface area (Å²) in [6.45, 7) is 1.88. The molecular weight excluding hydrogens is 357 g/mol. The predicted octanol–water partition coefficient (Wildman–Crippen LogP) is 4.45. The number of halogens is 3. The molecule has 1 saturated carbocycles. The van der Waals surface area contributed by atoms with Gasteiger partial charge in [0.2, 0.25) is 5.91 Å². The molecule has 2 heterocycles. The van der Waals surface area contributed by atoms with E-state index in [0.29, 0.717) is 5.82 Å². The van der Waals surface area contributed by atoms with Crippen molar-refractivity contribution < 1.29 is 18.0 Å². The maximum absolute atomic E-state index is 13.6. The Hall–Kier alpha value is -2.38. The Labute approximate surface area is 156 Å². The van der Waals surface area contributed by atoms with Gasteiger partial charge in [-0.1, -0.05) is 25.3 Å². The lowest BCUT2D eigenvalue weighted by Crippen LogP contribution is -2.44. The van der Waals surface area contributed by atoms with Crippen LogP contribution in [0.1, 0.15) is 50.1 Å². The highest BCUT2D eigenvalue weighted by molar-refractivity contribution is 5.93. The van der Waals surface area contributed by atoms with Crippen molar-refractivity contribution in [2.75, 3.05) is 4.90 Å². The van der Waals surface area contributed by atoms with Crippen molar-refractivity contribution in [3.63, 3.8) is 0 Å². The number of carbonyl (C=O) groups is 1. The molecule has 0 spiro atoms. The Morgan fingerprint density at radius 3 is 2.59 bits per heavy atom. The van der Waals surface area contributed by atoms with Crippen LogP contribution < -0.4 is 4.90 Å². The van der Waals surface area contributed by atoms with Crippen molar-refractivity contribution in [2.24, 2.45) is 0 Å². The number of anilines is 1. The van der Waals surface area contributed by atoms with Crippen LogP contribution in [0.4, 0.5) is 19.0 Å². The van der Waals surface area contributed by atoms with Gasteiger partial charge in [0.05, 0.1) is 6.42 Å². The second-order valence-electron chi connectivity index (χ2n) is 7.00. The molecular formula is C19H23F3N4O. The molecule has 146 valence electrons. The molecule has 1 unspecified atom stereocenters. The number of hydrogen-bond acceptors (Lipinski definition) is 3. The second kappa shape index (κ2) is 8.10. The zero-order valence-electron chi connectivity index (χ0n) is 15.2. The van der Waals surface area contributed by atoms with E-state index >= 15 is 0 Å². The lowest BCUT2D eigenvalue weighted by Gasteiger charge is -2.34. The van der Waals surface area contributed by atoms with Gasteiger partial charge in [-0.15, -0.1) is 0 Å². The highest BCUT2D eigenvalue weighted by Gasteiger charge is 2.44. The number of pyridine rings is 1. The molecule has 1 aliphatic rings. The molecule has 2 aromatic heterocycles. The van der Waals surface area contributed by atoms with Gasteiger partial charge in [0.25, 0.3) is 0 Å². The van der Waals surface area contributed by atoms with Crippen LogP contribution in [-0.2, 0) is 4.79 Å². The zero-order chi connectivity index (χ0) is 19.4. The van der Waals surface area contributed by atoms with Crippen molar-refractivity contribution in [3.05, 3.63) is 42.4 Å². The maximum atomic E-state index is 13.6. The fraction of sp³-hybridized carbons (Fsp3) is 0.526. The summed E-state index contributed by atoms with van der Waals surface area (Å²) in [5.74, 6) is -0.157. The molecule has 8 heteroatoms. The van der Waals surface area contributed by atoms with Gasteiger partial charge < -0.3 is 0 Å². The summed E-state index contributed by atoms with van der Waals surface area (Å²) < 4.78 is 41.5. The van der Waals surface area contributed by atoms with Gasteiger partial charge in [0.1, 0.15) is 5.82 Å². The largest absolute Gasteiger partial charge is 0.411 e. The minimum atomic E-state index is -4.57. The first-order chi connectivity index (χ1) is 12.9. The van der Waals surface area contributed by atoms with E-state index in [1.54, 1.807) is 12.3 Å². The van der Waals surface area contributed by atoms with E-state index in [1.165, 1.54) is 23.4 Å². The number of aromatic nitrogens is 3. The summed E-state index contributed by atoms with van der Waals surface area (Å²) in [7, 11) is 0. The van der Waals surface area contributed by atoms with E-state index in [4.69, 9.17) is 0 Å². The molecule has 2 aromatic rings. The average Bonchev–Trinajstić information content (AvgIpc) is 3.16. The first-order valence-electron chi connectivity index (χ1n) is 9.17. The van der Waals surface area contributed by atoms with Crippen LogP contribution >= 0.6 is 0 Å². The summed E-state index contributed by atoms with van der Waals surface area (Å²) in [6, 6.07) is 2.84. The number of carbonyl (C=O) groups excluding carboxylic acids is 1. The number of amides is 1. The van der Waals surface area contributed by atoms with Crippen molar-refractivity contribution in [1.29, 1.82) is 0 Å². The van der Waals surface area contributed by atoms with E-state index < -0.39 is 24.5 Å². The first kappa shape index (κ1) is 19.4. The van der Waals surface area contributed by atoms with Gasteiger partial charge in [0, 0.05) is 24.6 Å². The highest BCUT2D eigenvalue weighted by Crippen LogP contribution is 2.35. The Bertz CT molecular complexity index is 737. The summed E-state index contributed by atoms with van der Waals surface area (Å²) in [6.07, 6.45) is 3.44. The summed E-state index contributed by atoms with van der Waals surface area (Å²) in [5, 5.41) is 3.70. The fourth-order valence-electron chi connectivity index (χ4n) is 3.55. The minimum absolute atomic E-state index is 0.118. The van der Waals surface area contributed by atoms with Crippen LogP contribution in [0, 0.1) is 6.92 Å². The van der Waals surface area contributed by atoms with Crippen LogP contribution in [0.15, 0.2) is 36.8 Å². The average molecular weight is 380 g/mol. The van der Waals surface area contributed by atoms with Crippen LogP contribution in [0.25, 0.3) is 0 Å². The van der Waals surface area contributed by atoms with Crippen molar-refractivity contribution in [3.8, 4) is 0 Å². The van der Waals surface area contributed by atoms with Crippen LogP contribution in [0.3, 0.4) is 0 Å². The molecule has 1 amide bonds. The summed E-state index contributed by atoms with van der Waals surface area (Å²) in [5.41, 5.74) is 0.930. The van der Waals surface area contributed by atoms with Gasteiger partial charge >= 0.3 is 6.18 Å². The molecule has 5 nitrogen and oxygen atoms in total. The topological polar surface area (TPSA) is 51.0 Å². The molecule has 1 aliphatic carbocycles. The Balaban J connectivity index is 1.88. The van der Waals surface area contributed by atoms with Crippen LogP contribution in [0.2, 0.25) is 0 Å². The van der Waals surface area contributed by atoms with E-state index in [9.17, 15) is 18.0 Å². The van der Waals surface area contributed by atoms with Crippen molar-refractivity contribution >= 4 is 11.7 Å². The third-order valence-corrected chi connectivity index (χ3v) is 4.94. The van der Waals surface area contributed by atoms with Crippen molar-refractivity contribution in [1.82, 2.24) is 14.8 Å². The number of aryl methyl sites for hydroxylation is 1. The van der Waals surface area contributed by atoms with E-state index in [2.05, 4.69) is 10.1 Å². The molecule has 0 aromatic carbocycles. The summed E-state index contributed by atoms with van der Waals surface area (Å²) >= 11 is 0. The molecule has 0 saturated heterocycles. The van der Waals surface area contributed by atoms with Crippen molar-refractivity contribution in [2.45, 2.75) is 63.7 Å². The Kier molecular flexibility index (Phi) is 5.82. The number of rotatable bonds is 5. The number of hydrogen-bond donors (Lipinski definition) is 0. The van der Waals surface area contributed by atoms with Gasteiger partial charge in [-0.05, 0) is 37.5 Å². The lowest BCUT2D eigenvalue weighted by atomic mass is 9.93. The third-order valence-electron chi connectivity index (χ3n) is 4.94.